The van der Waals surface area contributed by atoms with E-state index in [-0.39, 0.29) is 17.7 Å². The van der Waals surface area contributed by atoms with E-state index in [0.717, 1.165) is 22.2 Å². The topological polar surface area (TPSA) is 88.3 Å². The minimum Gasteiger partial charge on any atom is -0.360 e. The van der Waals surface area contributed by atoms with Gasteiger partial charge in [0.05, 0.1) is 16.8 Å². The number of carbonyl (C=O) groups excluding carboxylic acids is 2. The first-order chi connectivity index (χ1) is 13.9. The standard InChI is InChI=1S/C22H24N4O3/c1-13-4-5-19-17(10-13)12-18(15(3)23-19)22(28)26-8-6-16(7-9-26)21(27)24-20-11-14(2)29-25-20/h4-5,10-12,16H,6-9H2,1-3H3,(H,24,25,27). The summed E-state index contributed by atoms with van der Waals surface area (Å²) in [5.41, 5.74) is 3.38. The number of anilines is 1. The Morgan fingerprint density at radius 2 is 1.86 bits per heavy atom. The number of pyridine rings is 1. The molecule has 1 aliphatic rings. The zero-order valence-electron chi connectivity index (χ0n) is 16.9. The van der Waals surface area contributed by atoms with Crippen LogP contribution in [-0.4, -0.2) is 39.9 Å². The molecule has 1 aromatic carbocycles. The summed E-state index contributed by atoms with van der Waals surface area (Å²) >= 11 is 0. The summed E-state index contributed by atoms with van der Waals surface area (Å²) in [4.78, 5) is 31.9. The molecule has 0 radical (unpaired) electrons. The van der Waals surface area contributed by atoms with Crippen molar-refractivity contribution in [2.24, 2.45) is 5.92 Å². The summed E-state index contributed by atoms with van der Waals surface area (Å²) in [6.07, 6.45) is 1.24. The zero-order chi connectivity index (χ0) is 20.5. The summed E-state index contributed by atoms with van der Waals surface area (Å²) in [5.74, 6) is 0.831. The van der Waals surface area contributed by atoms with Gasteiger partial charge in [0, 0.05) is 30.5 Å². The van der Waals surface area contributed by atoms with E-state index in [0.29, 0.717) is 43.1 Å². The molecule has 7 heteroatoms. The Morgan fingerprint density at radius 1 is 1.10 bits per heavy atom. The number of benzene rings is 1. The number of amides is 2. The van der Waals surface area contributed by atoms with Crippen LogP contribution in [0.1, 0.15) is 40.2 Å². The van der Waals surface area contributed by atoms with Gasteiger partial charge < -0.3 is 14.7 Å². The lowest BCUT2D eigenvalue weighted by molar-refractivity contribution is -0.121. The molecule has 29 heavy (non-hydrogen) atoms. The highest BCUT2D eigenvalue weighted by molar-refractivity contribution is 5.99. The second-order valence-electron chi connectivity index (χ2n) is 7.70. The molecule has 3 aromatic rings. The van der Waals surface area contributed by atoms with Crippen LogP contribution in [0.4, 0.5) is 5.82 Å². The van der Waals surface area contributed by atoms with E-state index < -0.39 is 0 Å². The van der Waals surface area contributed by atoms with Gasteiger partial charge in [0.25, 0.3) is 5.91 Å². The zero-order valence-corrected chi connectivity index (χ0v) is 16.9. The van der Waals surface area contributed by atoms with Gasteiger partial charge >= 0.3 is 0 Å². The number of fused-ring (bicyclic) bond motifs is 1. The van der Waals surface area contributed by atoms with Crippen LogP contribution >= 0.6 is 0 Å². The van der Waals surface area contributed by atoms with Crippen LogP contribution in [0.5, 0.6) is 0 Å². The quantitative estimate of drug-likeness (QED) is 0.735. The fourth-order valence-electron chi connectivity index (χ4n) is 3.78. The molecule has 2 amide bonds. The maximum atomic E-state index is 13.1. The third-order valence-electron chi connectivity index (χ3n) is 5.42. The van der Waals surface area contributed by atoms with E-state index in [1.165, 1.54) is 0 Å². The first kappa shape index (κ1) is 19.1. The fourth-order valence-corrected chi connectivity index (χ4v) is 3.78. The maximum absolute atomic E-state index is 13.1. The molecule has 2 aromatic heterocycles. The monoisotopic (exact) mass is 392 g/mol. The first-order valence-corrected chi connectivity index (χ1v) is 9.82. The van der Waals surface area contributed by atoms with Gasteiger partial charge in [0.15, 0.2) is 5.82 Å². The molecule has 0 saturated carbocycles. The van der Waals surface area contributed by atoms with E-state index >= 15 is 0 Å². The van der Waals surface area contributed by atoms with Crippen LogP contribution in [0, 0.1) is 26.7 Å². The molecule has 0 spiro atoms. The third kappa shape index (κ3) is 3.99. The van der Waals surface area contributed by atoms with Gasteiger partial charge in [0.2, 0.25) is 5.91 Å². The molecule has 0 atom stereocenters. The lowest BCUT2D eigenvalue weighted by Crippen LogP contribution is -2.41. The molecular weight excluding hydrogens is 368 g/mol. The number of piperidine rings is 1. The summed E-state index contributed by atoms with van der Waals surface area (Å²) in [5, 5.41) is 7.55. The first-order valence-electron chi connectivity index (χ1n) is 9.82. The summed E-state index contributed by atoms with van der Waals surface area (Å²) in [6.45, 7) is 6.75. The maximum Gasteiger partial charge on any atom is 0.255 e. The molecule has 150 valence electrons. The number of hydrogen-bond acceptors (Lipinski definition) is 5. The van der Waals surface area contributed by atoms with Crippen molar-refractivity contribution in [3.63, 3.8) is 0 Å². The van der Waals surface area contributed by atoms with Crippen LogP contribution in [-0.2, 0) is 4.79 Å². The van der Waals surface area contributed by atoms with Crippen LogP contribution in [0.25, 0.3) is 10.9 Å². The largest absolute Gasteiger partial charge is 0.360 e. The van der Waals surface area contributed by atoms with Gasteiger partial charge in [-0.05, 0) is 51.8 Å². The Bertz CT molecular complexity index is 1080. The lowest BCUT2D eigenvalue weighted by Gasteiger charge is -2.31. The van der Waals surface area contributed by atoms with Crippen LogP contribution in [0.15, 0.2) is 34.9 Å². The second-order valence-corrected chi connectivity index (χ2v) is 7.70. The molecule has 0 unspecified atom stereocenters. The molecule has 4 rings (SSSR count). The van der Waals surface area contributed by atoms with Gasteiger partial charge in [-0.3, -0.25) is 14.6 Å². The average Bonchev–Trinajstić information content (AvgIpc) is 3.12. The Hall–Kier alpha value is -3.22. The van der Waals surface area contributed by atoms with Gasteiger partial charge in [-0.1, -0.05) is 16.8 Å². The predicted molar refractivity (Wildman–Crippen MR) is 110 cm³/mol. The summed E-state index contributed by atoms with van der Waals surface area (Å²) < 4.78 is 4.98. The molecule has 1 fully saturated rings. The smallest absolute Gasteiger partial charge is 0.255 e. The highest BCUT2D eigenvalue weighted by atomic mass is 16.5. The van der Waals surface area contributed by atoms with Crippen LogP contribution in [0.2, 0.25) is 0 Å². The second kappa shape index (κ2) is 7.66. The fraction of sp³-hybridized carbons (Fsp3) is 0.364. The molecular formula is C22H24N4O3. The van der Waals surface area contributed by atoms with Gasteiger partial charge in [-0.25, -0.2) is 0 Å². The number of hydrogen-bond donors (Lipinski definition) is 1. The Labute approximate surface area is 169 Å². The minimum absolute atomic E-state index is 0.0237. The SMILES string of the molecule is Cc1ccc2nc(C)c(C(=O)N3CCC(C(=O)Nc4cc(C)on4)CC3)cc2c1. The normalized spacial score (nSPS) is 14.9. The van der Waals surface area contributed by atoms with E-state index in [1.807, 2.05) is 43.0 Å². The third-order valence-corrected chi connectivity index (χ3v) is 5.42. The van der Waals surface area contributed by atoms with Crippen molar-refractivity contribution < 1.29 is 14.1 Å². The van der Waals surface area contributed by atoms with Crippen molar-refractivity contribution in [1.29, 1.82) is 0 Å². The Kier molecular flexibility index (Phi) is 5.05. The number of aryl methyl sites for hydroxylation is 3. The van der Waals surface area contributed by atoms with Crippen molar-refractivity contribution >= 4 is 28.5 Å². The summed E-state index contributed by atoms with van der Waals surface area (Å²) in [7, 11) is 0. The summed E-state index contributed by atoms with van der Waals surface area (Å²) in [6, 6.07) is 9.66. The van der Waals surface area contributed by atoms with E-state index in [4.69, 9.17) is 4.52 Å². The van der Waals surface area contributed by atoms with Crippen molar-refractivity contribution in [1.82, 2.24) is 15.0 Å². The van der Waals surface area contributed by atoms with Crippen molar-refractivity contribution in [3.05, 3.63) is 52.9 Å². The number of nitrogens with one attached hydrogen (secondary N) is 1. The predicted octanol–water partition coefficient (Wildman–Crippen LogP) is 3.64. The molecule has 1 N–H and O–H groups in total. The number of nitrogens with zero attached hydrogens (tertiary/aromatic N) is 3. The van der Waals surface area contributed by atoms with Gasteiger partial charge in [0.1, 0.15) is 5.76 Å². The number of likely N-dealkylation sites (tertiary alicyclic amines) is 1. The minimum atomic E-state index is -0.144. The molecule has 7 nitrogen and oxygen atoms in total. The Morgan fingerprint density at radius 3 is 2.55 bits per heavy atom. The molecule has 1 aliphatic heterocycles. The molecule has 0 bridgehead atoms. The van der Waals surface area contributed by atoms with Crippen LogP contribution < -0.4 is 5.32 Å². The van der Waals surface area contributed by atoms with Crippen molar-refractivity contribution in [3.8, 4) is 0 Å². The van der Waals surface area contributed by atoms with E-state index in [1.54, 1.807) is 13.0 Å². The highest BCUT2D eigenvalue weighted by Crippen LogP contribution is 2.24. The van der Waals surface area contributed by atoms with E-state index in [9.17, 15) is 9.59 Å². The Balaban J connectivity index is 1.43. The highest BCUT2D eigenvalue weighted by Gasteiger charge is 2.29. The molecule has 1 saturated heterocycles. The molecule has 3 heterocycles. The van der Waals surface area contributed by atoms with Crippen molar-refractivity contribution in [2.45, 2.75) is 33.6 Å². The molecule has 0 aliphatic carbocycles. The number of rotatable bonds is 3. The average molecular weight is 392 g/mol. The van der Waals surface area contributed by atoms with Crippen molar-refractivity contribution in [2.75, 3.05) is 18.4 Å². The van der Waals surface area contributed by atoms with E-state index in [2.05, 4.69) is 15.5 Å². The number of aromatic nitrogens is 2. The van der Waals surface area contributed by atoms with Gasteiger partial charge in [-0.15, -0.1) is 0 Å². The van der Waals surface area contributed by atoms with Crippen LogP contribution in [0.3, 0.4) is 0 Å². The lowest BCUT2D eigenvalue weighted by atomic mass is 9.95. The van der Waals surface area contributed by atoms with Gasteiger partial charge in [-0.2, -0.15) is 0 Å². The number of carbonyl (C=O) groups is 2.